The van der Waals surface area contributed by atoms with Crippen LogP contribution in [0.15, 0.2) is 60.7 Å². The van der Waals surface area contributed by atoms with Gasteiger partial charge in [0.25, 0.3) is 11.6 Å². The lowest BCUT2D eigenvalue weighted by molar-refractivity contribution is -0.384. The first kappa shape index (κ1) is 20.7. The van der Waals surface area contributed by atoms with Crippen molar-refractivity contribution in [2.45, 2.75) is 6.42 Å². The minimum Gasteiger partial charge on any atom is -0.290 e. The second-order valence-corrected chi connectivity index (χ2v) is 9.42. The molecule has 172 valence electrons. The molecule has 3 amide bonds. The van der Waals surface area contributed by atoms with Gasteiger partial charge in [-0.2, -0.15) is 0 Å². The molecule has 3 fully saturated rings. The van der Waals surface area contributed by atoms with Crippen LogP contribution in [0.2, 0.25) is 0 Å². The molecule has 6 unspecified atom stereocenters. The van der Waals surface area contributed by atoms with Crippen molar-refractivity contribution in [1.29, 1.82) is 0 Å². The van der Waals surface area contributed by atoms with Crippen LogP contribution >= 0.6 is 0 Å². The van der Waals surface area contributed by atoms with Crippen molar-refractivity contribution < 1.29 is 23.7 Å². The molecule has 4 aliphatic carbocycles. The zero-order chi connectivity index (χ0) is 23.7. The summed E-state index contributed by atoms with van der Waals surface area (Å²) in [5, 5.41) is 11.2. The largest absolute Gasteiger partial charge is 0.290 e. The molecule has 34 heavy (non-hydrogen) atoms. The molecule has 1 aliphatic heterocycles. The summed E-state index contributed by atoms with van der Waals surface area (Å²) in [6.45, 7) is -0.341. The highest BCUT2D eigenvalue weighted by Gasteiger charge is 2.67. The van der Waals surface area contributed by atoms with Crippen molar-refractivity contribution in [2.75, 3.05) is 11.6 Å². The molecule has 9 heteroatoms. The molecule has 2 aromatic rings. The molecule has 0 spiro atoms. The minimum absolute atomic E-state index is 0.0259. The predicted octanol–water partition coefficient (Wildman–Crippen LogP) is 3.39. The van der Waals surface area contributed by atoms with Gasteiger partial charge in [0, 0.05) is 23.4 Å². The van der Waals surface area contributed by atoms with E-state index < -0.39 is 28.5 Å². The Labute approximate surface area is 193 Å². The van der Waals surface area contributed by atoms with Crippen LogP contribution in [0.5, 0.6) is 0 Å². The van der Waals surface area contributed by atoms with E-state index in [1.807, 2.05) is 0 Å². The van der Waals surface area contributed by atoms with Gasteiger partial charge in [0.2, 0.25) is 11.8 Å². The number of hydrogen-bond acceptors (Lipinski definition) is 5. The maximum atomic E-state index is 13.6. The number of imide groups is 1. The fraction of sp³-hybridized carbons (Fsp3) is 0.320. The van der Waals surface area contributed by atoms with E-state index in [0.717, 1.165) is 17.4 Å². The Hall–Kier alpha value is -3.88. The molecule has 2 aromatic carbocycles. The van der Waals surface area contributed by atoms with E-state index in [-0.39, 0.29) is 47.3 Å². The van der Waals surface area contributed by atoms with Crippen molar-refractivity contribution in [1.82, 2.24) is 4.90 Å². The molecule has 1 heterocycles. The molecular weight excluding hydrogens is 441 g/mol. The summed E-state index contributed by atoms with van der Waals surface area (Å²) in [4.78, 5) is 53.2. The Morgan fingerprint density at radius 2 is 1.65 bits per heavy atom. The van der Waals surface area contributed by atoms with Gasteiger partial charge in [-0.3, -0.25) is 34.3 Å². The van der Waals surface area contributed by atoms with Gasteiger partial charge in [-0.1, -0.05) is 18.2 Å². The van der Waals surface area contributed by atoms with Gasteiger partial charge in [-0.05, 0) is 60.4 Å². The van der Waals surface area contributed by atoms with E-state index in [4.69, 9.17) is 0 Å². The predicted molar refractivity (Wildman–Crippen MR) is 118 cm³/mol. The summed E-state index contributed by atoms with van der Waals surface area (Å²) in [5.41, 5.74) is 0.0430. The second-order valence-electron chi connectivity index (χ2n) is 9.42. The zero-order valence-electron chi connectivity index (χ0n) is 17.9. The molecule has 1 saturated heterocycles. The summed E-state index contributed by atoms with van der Waals surface area (Å²) < 4.78 is 13.6. The van der Waals surface area contributed by atoms with Crippen molar-refractivity contribution in [3.8, 4) is 0 Å². The lowest BCUT2D eigenvalue weighted by Crippen LogP contribution is -2.45. The van der Waals surface area contributed by atoms with Gasteiger partial charge < -0.3 is 0 Å². The highest BCUT2D eigenvalue weighted by atomic mass is 19.1. The molecule has 0 N–H and O–H groups in total. The molecule has 6 atom stereocenters. The first-order valence-corrected chi connectivity index (χ1v) is 11.2. The van der Waals surface area contributed by atoms with Crippen molar-refractivity contribution >= 4 is 29.1 Å². The highest BCUT2D eigenvalue weighted by molar-refractivity contribution is 6.10. The molecule has 2 saturated carbocycles. The van der Waals surface area contributed by atoms with Crippen LogP contribution in [0.4, 0.5) is 15.8 Å². The molecular formula is C25H20FN3O5. The smallest absolute Gasteiger partial charge is 0.270 e. The molecule has 0 radical (unpaired) electrons. The first-order valence-electron chi connectivity index (χ1n) is 11.2. The Bertz CT molecular complexity index is 1240. The van der Waals surface area contributed by atoms with Crippen LogP contribution in [-0.4, -0.2) is 34.2 Å². The maximum Gasteiger partial charge on any atom is 0.270 e. The zero-order valence-corrected chi connectivity index (χ0v) is 17.9. The standard InChI is InChI=1S/C25H20FN3O5/c26-14-4-6-15(7-5-14)27(23(30)13-2-1-3-16(10-13)29(33)34)12-28-24(31)21-17-8-9-18(20-11-19(17)20)22(21)25(28)32/h1-10,17-22H,11-12H2. The number of rotatable bonds is 5. The average Bonchev–Trinajstić information content (AvgIpc) is 3.63. The number of benzene rings is 2. The lowest BCUT2D eigenvalue weighted by Gasteiger charge is -2.37. The number of likely N-dealkylation sites (tertiary alicyclic amines) is 1. The second kappa shape index (κ2) is 7.31. The molecule has 0 aromatic heterocycles. The quantitative estimate of drug-likeness (QED) is 0.294. The van der Waals surface area contributed by atoms with Crippen LogP contribution in [-0.2, 0) is 9.59 Å². The lowest BCUT2D eigenvalue weighted by atomic mass is 9.63. The van der Waals surface area contributed by atoms with Gasteiger partial charge in [0.1, 0.15) is 12.5 Å². The third kappa shape index (κ3) is 2.99. The number of halogens is 1. The third-order valence-electron chi connectivity index (χ3n) is 7.72. The van der Waals surface area contributed by atoms with E-state index in [1.54, 1.807) is 0 Å². The number of anilines is 1. The number of carbonyl (C=O) groups is 3. The van der Waals surface area contributed by atoms with Gasteiger partial charge in [-0.15, -0.1) is 0 Å². The van der Waals surface area contributed by atoms with Crippen LogP contribution in [0.3, 0.4) is 0 Å². The molecule has 5 aliphatic rings. The highest BCUT2D eigenvalue weighted by Crippen LogP contribution is 2.65. The summed E-state index contributed by atoms with van der Waals surface area (Å²) in [6, 6.07) is 10.3. The number of non-ortho nitro benzene ring substituents is 1. The fourth-order valence-corrected chi connectivity index (χ4v) is 6.09. The Balaban J connectivity index is 1.34. The summed E-state index contributed by atoms with van der Waals surface area (Å²) in [6.07, 6.45) is 5.18. The molecule has 7 rings (SSSR count). The van der Waals surface area contributed by atoms with Gasteiger partial charge >= 0.3 is 0 Å². The van der Waals surface area contributed by atoms with Crippen molar-refractivity contribution in [2.24, 2.45) is 35.5 Å². The molecule has 2 bridgehead atoms. The number of nitrogens with zero attached hydrogens (tertiary/aromatic N) is 3. The number of hydrogen-bond donors (Lipinski definition) is 0. The van der Waals surface area contributed by atoms with Crippen LogP contribution in [0, 0.1) is 51.4 Å². The van der Waals surface area contributed by atoms with Crippen LogP contribution < -0.4 is 4.90 Å². The monoisotopic (exact) mass is 461 g/mol. The topological polar surface area (TPSA) is 101 Å². The van der Waals surface area contributed by atoms with Crippen LogP contribution in [0.25, 0.3) is 0 Å². The van der Waals surface area contributed by atoms with Crippen molar-refractivity contribution in [3.63, 3.8) is 0 Å². The maximum absolute atomic E-state index is 13.6. The Morgan fingerprint density at radius 3 is 2.24 bits per heavy atom. The third-order valence-corrected chi connectivity index (χ3v) is 7.72. The van der Waals surface area contributed by atoms with E-state index >= 15 is 0 Å². The van der Waals surface area contributed by atoms with Crippen molar-refractivity contribution in [3.05, 3.63) is 82.2 Å². The van der Waals surface area contributed by atoms with Gasteiger partial charge in [-0.25, -0.2) is 4.39 Å². The van der Waals surface area contributed by atoms with E-state index in [0.29, 0.717) is 11.8 Å². The number of nitro groups is 1. The summed E-state index contributed by atoms with van der Waals surface area (Å²) >= 11 is 0. The SMILES string of the molecule is O=C1C2C3C=CC(C4CC34)C2C(=O)N1CN(C(=O)c1cccc([N+](=O)[O-])c1)c1ccc(F)cc1. The van der Waals surface area contributed by atoms with Gasteiger partial charge in [0.15, 0.2) is 0 Å². The van der Waals surface area contributed by atoms with Crippen LogP contribution in [0.1, 0.15) is 16.8 Å². The van der Waals surface area contributed by atoms with E-state index in [2.05, 4.69) is 12.2 Å². The molecule has 8 nitrogen and oxygen atoms in total. The number of amides is 3. The number of carbonyl (C=O) groups excluding carboxylic acids is 3. The first-order chi connectivity index (χ1) is 16.3. The minimum atomic E-state index is -0.630. The normalized spacial score (nSPS) is 30.2. The fourth-order valence-electron chi connectivity index (χ4n) is 6.09. The summed E-state index contributed by atoms with van der Waals surface area (Å²) in [7, 11) is 0. The average molecular weight is 461 g/mol. The van der Waals surface area contributed by atoms with E-state index in [9.17, 15) is 28.9 Å². The number of nitro benzene ring substituents is 1. The van der Waals surface area contributed by atoms with E-state index in [1.165, 1.54) is 47.4 Å². The summed E-state index contributed by atoms with van der Waals surface area (Å²) in [5.74, 6) is -1.54. The number of allylic oxidation sites excluding steroid dienone is 2. The van der Waals surface area contributed by atoms with Gasteiger partial charge in [0.05, 0.1) is 16.8 Å². The Kier molecular flexibility index (Phi) is 4.45. The Morgan fingerprint density at radius 1 is 1.03 bits per heavy atom.